The lowest BCUT2D eigenvalue weighted by Crippen LogP contribution is -2.36. The molecule has 0 spiro atoms. The Kier molecular flexibility index (Phi) is 8.25. The first-order valence-corrected chi connectivity index (χ1v) is 11.0. The van der Waals surface area contributed by atoms with Crippen LogP contribution in [0.4, 0.5) is 0 Å². The molecule has 1 amide bonds. The molecule has 1 aromatic heterocycles. The van der Waals surface area contributed by atoms with E-state index in [1.807, 2.05) is 0 Å². The summed E-state index contributed by atoms with van der Waals surface area (Å²) < 4.78 is 5.64. The van der Waals surface area contributed by atoms with Crippen LogP contribution in [0.2, 0.25) is 0 Å². The third-order valence-corrected chi connectivity index (χ3v) is 5.54. The van der Waals surface area contributed by atoms with Gasteiger partial charge in [-0.2, -0.15) is 0 Å². The molecule has 0 aliphatic rings. The molecule has 0 bridgehead atoms. The third-order valence-electron chi connectivity index (χ3n) is 5.54. The summed E-state index contributed by atoms with van der Waals surface area (Å²) in [6, 6.07) is 9.20. The van der Waals surface area contributed by atoms with Gasteiger partial charge in [-0.3, -0.25) is 9.69 Å². The smallest absolute Gasteiger partial charge is 0.273 e. The standard InChI is InChI=1S/C25H39N3O2/c1-17(2)13-26-24(29)22-16-30-23(27-22)15-28(19(5)18(3)4)14-20-9-11-21(12-10-20)25(6,7)8/h9-12,16-19H,13-15H2,1-8H3,(H,26,29). The molecule has 1 atom stereocenters. The Morgan fingerprint density at radius 3 is 2.23 bits per heavy atom. The predicted molar refractivity (Wildman–Crippen MR) is 122 cm³/mol. The Hall–Kier alpha value is -2.14. The first-order chi connectivity index (χ1) is 14.0. The highest BCUT2D eigenvalue weighted by Gasteiger charge is 2.22. The van der Waals surface area contributed by atoms with E-state index in [0.29, 0.717) is 42.6 Å². The maximum Gasteiger partial charge on any atom is 0.273 e. The molecule has 0 saturated heterocycles. The number of oxazole rings is 1. The molecule has 2 rings (SSSR count). The van der Waals surface area contributed by atoms with Crippen LogP contribution < -0.4 is 5.32 Å². The fraction of sp³-hybridized carbons (Fsp3) is 0.600. The van der Waals surface area contributed by atoms with Crippen molar-refractivity contribution in [2.24, 2.45) is 11.8 Å². The summed E-state index contributed by atoms with van der Waals surface area (Å²) in [6.45, 7) is 19.5. The van der Waals surface area contributed by atoms with Crippen molar-refractivity contribution in [3.63, 3.8) is 0 Å². The van der Waals surface area contributed by atoms with E-state index in [1.165, 1.54) is 17.4 Å². The number of hydrogen-bond donors (Lipinski definition) is 1. The molecule has 30 heavy (non-hydrogen) atoms. The molecular weight excluding hydrogens is 374 g/mol. The zero-order chi connectivity index (χ0) is 22.5. The van der Waals surface area contributed by atoms with Crippen molar-refractivity contribution >= 4 is 5.91 Å². The average Bonchev–Trinajstić information content (AvgIpc) is 3.13. The van der Waals surface area contributed by atoms with Gasteiger partial charge in [-0.05, 0) is 35.3 Å². The number of carbonyl (C=O) groups is 1. The minimum atomic E-state index is -0.181. The van der Waals surface area contributed by atoms with Gasteiger partial charge in [-0.25, -0.2) is 4.98 Å². The van der Waals surface area contributed by atoms with E-state index < -0.39 is 0 Å². The molecule has 0 aliphatic carbocycles. The Balaban J connectivity index is 2.12. The molecule has 1 heterocycles. The van der Waals surface area contributed by atoms with Crippen LogP contribution in [0.1, 0.15) is 82.9 Å². The van der Waals surface area contributed by atoms with Crippen molar-refractivity contribution in [1.82, 2.24) is 15.2 Å². The highest BCUT2D eigenvalue weighted by molar-refractivity contribution is 5.91. The predicted octanol–water partition coefficient (Wildman–Crippen LogP) is 5.40. The molecular formula is C25H39N3O2. The first kappa shape index (κ1) is 24.1. The van der Waals surface area contributed by atoms with Crippen molar-refractivity contribution in [1.29, 1.82) is 0 Å². The molecule has 5 heteroatoms. The number of carbonyl (C=O) groups excluding carboxylic acids is 1. The van der Waals surface area contributed by atoms with E-state index in [4.69, 9.17) is 4.42 Å². The molecule has 166 valence electrons. The van der Waals surface area contributed by atoms with Gasteiger partial charge in [0.25, 0.3) is 5.91 Å². The molecule has 5 nitrogen and oxygen atoms in total. The van der Waals surface area contributed by atoms with E-state index in [-0.39, 0.29) is 11.3 Å². The van der Waals surface area contributed by atoms with Crippen LogP contribution in [-0.2, 0) is 18.5 Å². The Bertz CT molecular complexity index is 801. The number of nitrogens with one attached hydrogen (secondary N) is 1. The van der Waals surface area contributed by atoms with Gasteiger partial charge in [0.15, 0.2) is 5.69 Å². The van der Waals surface area contributed by atoms with E-state index >= 15 is 0 Å². The SMILES string of the molecule is CC(C)CNC(=O)c1coc(CN(Cc2ccc(C(C)(C)C)cc2)C(C)C(C)C)n1. The lowest BCUT2D eigenvalue weighted by Gasteiger charge is -2.31. The lowest BCUT2D eigenvalue weighted by molar-refractivity contribution is 0.0943. The average molecular weight is 414 g/mol. The number of amides is 1. The number of benzene rings is 1. The van der Waals surface area contributed by atoms with Crippen molar-refractivity contribution < 1.29 is 9.21 Å². The number of aromatic nitrogens is 1. The Morgan fingerprint density at radius 1 is 1.07 bits per heavy atom. The zero-order valence-corrected chi connectivity index (χ0v) is 20.0. The van der Waals surface area contributed by atoms with Gasteiger partial charge in [0.05, 0.1) is 6.54 Å². The fourth-order valence-electron chi connectivity index (χ4n) is 3.16. The summed E-state index contributed by atoms with van der Waals surface area (Å²) in [4.78, 5) is 19.0. The summed E-state index contributed by atoms with van der Waals surface area (Å²) in [6.07, 6.45) is 1.46. The van der Waals surface area contributed by atoms with Gasteiger partial charge in [0, 0.05) is 19.1 Å². The summed E-state index contributed by atoms with van der Waals surface area (Å²) in [7, 11) is 0. The second-order valence-electron chi connectivity index (χ2n) is 10.1. The first-order valence-electron chi connectivity index (χ1n) is 11.0. The van der Waals surface area contributed by atoms with Crippen molar-refractivity contribution in [2.45, 2.75) is 79.9 Å². The van der Waals surface area contributed by atoms with Gasteiger partial charge >= 0.3 is 0 Å². The zero-order valence-electron chi connectivity index (χ0n) is 20.0. The van der Waals surface area contributed by atoms with E-state index in [1.54, 1.807) is 0 Å². The molecule has 1 N–H and O–H groups in total. The lowest BCUT2D eigenvalue weighted by atomic mass is 9.86. The summed E-state index contributed by atoms with van der Waals surface area (Å²) in [5, 5.41) is 2.89. The van der Waals surface area contributed by atoms with Crippen LogP contribution in [0, 0.1) is 11.8 Å². The quantitative estimate of drug-likeness (QED) is 0.597. The summed E-state index contributed by atoms with van der Waals surface area (Å²) in [5.74, 6) is 1.28. The van der Waals surface area contributed by atoms with Gasteiger partial charge < -0.3 is 9.73 Å². The van der Waals surface area contributed by atoms with Crippen molar-refractivity contribution in [3.8, 4) is 0 Å². The second kappa shape index (κ2) is 10.3. The second-order valence-corrected chi connectivity index (χ2v) is 10.1. The summed E-state index contributed by atoms with van der Waals surface area (Å²) >= 11 is 0. The van der Waals surface area contributed by atoms with Crippen LogP contribution >= 0.6 is 0 Å². The van der Waals surface area contributed by atoms with E-state index in [2.05, 4.69) is 94.9 Å². The molecule has 1 aromatic carbocycles. The number of hydrogen-bond acceptors (Lipinski definition) is 4. The van der Waals surface area contributed by atoms with E-state index in [0.717, 1.165) is 6.54 Å². The number of rotatable bonds is 9. The Morgan fingerprint density at radius 2 is 1.70 bits per heavy atom. The molecule has 0 fully saturated rings. The van der Waals surface area contributed by atoms with Gasteiger partial charge in [-0.15, -0.1) is 0 Å². The van der Waals surface area contributed by atoms with Gasteiger partial charge in [0.1, 0.15) is 6.26 Å². The minimum absolute atomic E-state index is 0.147. The highest BCUT2D eigenvalue weighted by atomic mass is 16.3. The molecule has 0 aliphatic heterocycles. The van der Waals surface area contributed by atoms with Crippen LogP contribution in [0.25, 0.3) is 0 Å². The molecule has 0 radical (unpaired) electrons. The number of nitrogens with zero attached hydrogens (tertiary/aromatic N) is 2. The topological polar surface area (TPSA) is 58.4 Å². The monoisotopic (exact) mass is 413 g/mol. The van der Waals surface area contributed by atoms with E-state index in [9.17, 15) is 4.79 Å². The molecule has 2 aromatic rings. The van der Waals surface area contributed by atoms with Crippen LogP contribution in [0.3, 0.4) is 0 Å². The van der Waals surface area contributed by atoms with Crippen LogP contribution in [0.15, 0.2) is 34.9 Å². The molecule has 1 unspecified atom stereocenters. The van der Waals surface area contributed by atoms with Crippen molar-refractivity contribution in [3.05, 3.63) is 53.2 Å². The fourth-order valence-corrected chi connectivity index (χ4v) is 3.16. The van der Waals surface area contributed by atoms with Crippen molar-refractivity contribution in [2.75, 3.05) is 6.54 Å². The van der Waals surface area contributed by atoms with Gasteiger partial charge in [0.2, 0.25) is 5.89 Å². The van der Waals surface area contributed by atoms with Gasteiger partial charge in [-0.1, -0.05) is 72.7 Å². The third kappa shape index (κ3) is 6.98. The largest absolute Gasteiger partial charge is 0.447 e. The van der Waals surface area contributed by atoms with Crippen LogP contribution in [-0.4, -0.2) is 28.4 Å². The minimum Gasteiger partial charge on any atom is -0.447 e. The highest BCUT2D eigenvalue weighted by Crippen LogP contribution is 2.24. The summed E-state index contributed by atoms with van der Waals surface area (Å²) in [5.41, 5.74) is 3.09. The maximum atomic E-state index is 12.2. The Labute approximate surface area is 182 Å². The maximum absolute atomic E-state index is 12.2. The van der Waals surface area contributed by atoms with Crippen LogP contribution in [0.5, 0.6) is 0 Å². The normalized spacial score (nSPS) is 13.3. The molecule has 0 saturated carbocycles.